The molecule has 0 N–H and O–H groups in total. The second-order valence-corrected chi connectivity index (χ2v) is 9.29. The van der Waals surface area contributed by atoms with Crippen LogP contribution >= 0.6 is 0 Å². The van der Waals surface area contributed by atoms with Crippen LogP contribution in [0.3, 0.4) is 0 Å². The van der Waals surface area contributed by atoms with E-state index in [1.165, 1.54) is 27.9 Å². The van der Waals surface area contributed by atoms with E-state index in [2.05, 4.69) is 18.9 Å². The highest BCUT2D eigenvalue weighted by Gasteiger charge is 2.65. The van der Waals surface area contributed by atoms with Gasteiger partial charge < -0.3 is 42.6 Å². The molecule has 12 nitrogen and oxygen atoms in total. The van der Waals surface area contributed by atoms with Crippen molar-refractivity contribution in [3.05, 3.63) is 59.2 Å². The zero-order valence-electron chi connectivity index (χ0n) is 25.0. The number of hydrogen-bond acceptors (Lipinski definition) is 12. The number of ether oxygens (including phenoxy) is 9. The molecule has 254 valence electrons. The zero-order valence-corrected chi connectivity index (χ0v) is 25.0. The molecule has 0 radical (unpaired) electrons. The van der Waals surface area contributed by atoms with Gasteiger partial charge in [0.05, 0.1) is 26.9 Å². The van der Waals surface area contributed by atoms with Gasteiger partial charge in [-0.15, -0.1) is 13.2 Å². The number of carbonyl (C=O) groups excluding carboxylic acids is 3. The first-order valence-corrected chi connectivity index (χ1v) is 13.8. The Labute approximate surface area is 259 Å². The smallest absolute Gasteiger partial charge is 0.497 e. The molecule has 0 aliphatic carbocycles. The number of benzene rings is 2. The molecule has 1 aliphatic rings. The average molecular weight is 667 g/mol. The van der Waals surface area contributed by atoms with Gasteiger partial charge in [0.15, 0.2) is 6.10 Å². The summed E-state index contributed by atoms with van der Waals surface area (Å²) in [6, 6.07) is 9.28. The third kappa shape index (κ3) is 9.48. The Morgan fingerprint density at radius 2 is 1.39 bits per heavy atom. The van der Waals surface area contributed by atoms with Gasteiger partial charge in [0.25, 0.3) is 6.29 Å². The first-order chi connectivity index (χ1) is 21.7. The maximum Gasteiger partial charge on any atom is 0.573 e. The molecule has 4 atom stereocenters. The molecule has 3 rings (SSSR count). The number of halogens is 5. The van der Waals surface area contributed by atoms with Gasteiger partial charge in [-0.3, -0.25) is 0 Å². The van der Waals surface area contributed by atoms with Crippen LogP contribution in [0, 0.1) is 0 Å². The molecular weight excluding hydrogens is 635 g/mol. The fraction of sp³-hybridized carbons (Fsp3) is 0.483. The fourth-order valence-electron chi connectivity index (χ4n) is 4.32. The normalized spacial score (nSPS) is 20.5. The summed E-state index contributed by atoms with van der Waals surface area (Å²) in [5, 5.41) is 0. The Kier molecular flexibility index (Phi) is 12.2. The van der Waals surface area contributed by atoms with Crippen LogP contribution in [0.2, 0.25) is 0 Å². The van der Waals surface area contributed by atoms with Crippen LogP contribution in [0.5, 0.6) is 11.5 Å². The van der Waals surface area contributed by atoms with E-state index < -0.39 is 61.1 Å². The Balaban J connectivity index is 2.16. The van der Waals surface area contributed by atoms with E-state index >= 15 is 8.78 Å². The summed E-state index contributed by atoms with van der Waals surface area (Å²) in [4.78, 5) is 36.7. The van der Waals surface area contributed by atoms with Crippen LogP contribution in [-0.2, 0) is 39.6 Å². The highest BCUT2D eigenvalue weighted by atomic mass is 19.4. The molecular formula is C29H31F5O12. The maximum absolute atomic E-state index is 15.8. The summed E-state index contributed by atoms with van der Waals surface area (Å²) >= 11 is 0. The highest BCUT2D eigenvalue weighted by molar-refractivity contribution is 5.62. The Morgan fingerprint density at radius 1 is 0.826 bits per heavy atom. The highest BCUT2D eigenvalue weighted by Crippen LogP contribution is 2.45. The number of rotatable bonds is 11. The lowest BCUT2D eigenvalue weighted by Crippen LogP contribution is -2.62. The minimum atomic E-state index is -5.10. The first kappa shape index (κ1) is 35.9. The van der Waals surface area contributed by atoms with E-state index in [0.29, 0.717) is 11.3 Å². The van der Waals surface area contributed by atoms with Crippen molar-refractivity contribution in [3.8, 4) is 11.5 Å². The summed E-state index contributed by atoms with van der Waals surface area (Å²) in [6.07, 6.45) is -19.6. The van der Waals surface area contributed by atoms with Crippen LogP contribution in [0.4, 0.5) is 36.3 Å². The molecule has 1 fully saturated rings. The number of alkyl halides is 5. The van der Waals surface area contributed by atoms with Crippen LogP contribution in [0.25, 0.3) is 0 Å². The summed E-state index contributed by atoms with van der Waals surface area (Å²) in [5.74, 6) is -4.58. The molecule has 0 aromatic heterocycles. The largest absolute Gasteiger partial charge is 0.573 e. The van der Waals surface area contributed by atoms with Crippen LogP contribution in [-0.4, -0.2) is 76.2 Å². The SMILES string of the molecule is CCOC(=O)O[C@@H]1[C@@H](OC(=O)OCC)C(F)(F)[C@@H](OC(=O)OCC)O[C@H]1c1ccc(OC(F)(F)F)c(Cc2ccc(OC)cc2)c1. The predicted molar refractivity (Wildman–Crippen MR) is 143 cm³/mol. The van der Waals surface area contributed by atoms with Crippen molar-refractivity contribution in [1.29, 1.82) is 0 Å². The predicted octanol–water partition coefficient (Wildman–Crippen LogP) is 6.47. The van der Waals surface area contributed by atoms with Gasteiger partial charge in [-0.1, -0.05) is 18.2 Å². The number of hydrogen-bond donors (Lipinski definition) is 0. The molecule has 0 saturated carbocycles. The number of carbonyl (C=O) groups is 3. The minimum absolute atomic E-state index is 0.110. The lowest BCUT2D eigenvalue weighted by molar-refractivity contribution is -0.346. The summed E-state index contributed by atoms with van der Waals surface area (Å²) in [7, 11) is 1.42. The van der Waals surface area contributed by atoms with E-state index in [0.717, 1.165) is 18.2 Å². The first-order valence-electron chi connectivity index (χ1n) is 13.8. The third-order valence-electron chi connectivity index (χ3n) is 6.20. The van der Waals surface area contributed by atoms with Gasteiger partial charge in [0.1, 0.15) is 17.6 Å². The Morgan fingerprint density at radius 3 is 1.93 bits per heavy atom. The standard InChI is InChI=1S/C29H31F5O12/c1-5-39-25(35)43-22-21(42-24(45-27(37)41-7-3)28(30,31)23(22)44-26(36)40-6-2)17-10-13-20(46-29(32,33)34)18(15-17)14-16-8-11-19(38-4)12-9-16/h8-13,15,21-24H,5-7,14H2,1-4H3/t21-,22-,23+,24+/m0/s1. The van der Waals surface area contributed by atoms with Gasteiger partial charge in [-0.2, -0.15) is 8.78 Å². The van der Waals surface area contributed by atoms with E-state index in [4.69, 9.17) is 23.7 Å². The second-order valence-electron chi connectivity index (χ2n) is 9.29. The Bertz CT molecular complexity index is 1330. The van der Waals surface area contributed by atoms with Gasteiger partial charge in [-0.05, 0) is 61.7 Å². The third-order valence-corrected chi connectivity index (χ3v) is 6.20. The molecule has 2 aromatic rings. The molecule has 1 saturated heterocycles. The molecule has 1 aliphatic heterocycles. The fourth-order valence-corrected chi connectivity index (χ4v) is 4.32. The van der Waals surface area contributed by atoms with Crippen molar-refractivity contribution >= 4 is 18.5 Å². The van der Waals surface area contributed by atoms with Crippen molar-refractivity contribution in [3.63, 3.8) is 0 Å². The van der Waals surface area contributed by atoms with Crippen molar-refractivity contribution in [2.75, 3.05) is 26.9 Å². The van der Waals surface area contributed by atoms with Crippen LogP contribution < -0.4 is 9.47 Å². The summed E-state index contributed by atoms with van der Waals surface area (Å²) in [6.45, 7) is 3.31. The van der Waals surface area contributed by atoms with Crippen LogP contribution in [0.1, 0.15) is 43.6 Å². The lowest BCUT2D eigenvalue weighted by atomic mass is 9.91. The average Bonchev–Trinajstić information content (AvgIpc) is 2.97. The van der Waals surface area contributed by atoms with E-state index in [1.54, 1.807) is 24.3 Å². The van der Waals surface area contributed by atoms with Crippen molar-refractivity contribution in [2.45, 2.75) is 64.1 Å². The van der Waals surface area contributed by atoms with Gasteiger partial charge in [0.2, 0.25) is 6.10 Å². The lowest BCUT2D eigenvalue weighted by Gasteiger charge is -2.44. The molecule has 0 amide bonds. The minimum Gasteiger partial charge on any atom is -0.497 e. The molecule has 2 aromatic carbocycles. The monoisotopic (exact) mass is 666 g/mol. The Hall–Kier alpha value is -4.54. The van der Waals surface area contributed by atoms with E-state index in [1.807, 2.05) is 0 Å². The van der Waals surface area contributed by atoms with Crippen molar-refractivity contribution in [1.82, 2.24) is 0 Å². The molecule has 17 heteroatoms. The summed E-state index contributed by atoms with van der Waals surface area (Å²) < 4.78 is 115. The topological polar surface area (TPSA) is 134 Å². The molecule has 0 unspecified atom stereocenters. The number of methoxy groups -OCH3 is 1. The van der Waals surface area contributed by atoms with E-state index in [9.17, 15) is 27.6 Å². The van der Waals surface area contributed by atoms with Gasteiger partial charge in [0, 0.05) is 6.42 Å². The molecule has 0 spiro atoms. The van der Waals surface area contributed by atoms with E-state index in [-0.39, 0.29) is 37.4 Å². The zero-order chi connectivity index (χ0) is 34.1. The van der Waals surface area contributed by atoms with Gasteiger partial charge in [-0.25, -0.2) is 14.4 Å². The quantitative estimate of drug-likeness (QED) is 0.148. The summed E-state index contributed by atoms with van der Waals surface area (Å²) in [5.41, 5.74) is 0.215. The molecule has 0 bridgehead atoms. The van der Waals surface area contributed by atoms with Crippen molar-refractivity contribution < 1.29 is 79.0 Å². The van der Waals surface area contributed by atoms with Crippen molar-refractivity contribution in [2.24, 2.45) is 0 Å². The second kappa shape index (κ2) is 15.6. The maximum atomic E-state index is 15.8. The molecule has 1 heterocycles. The van der Waals surface area contributed by atoms with Gasteiger partial charge >= 0.3 is 30.8 Å². The molecule has 46 heavy (non-hydrogen) atoms. The van der Waals surface area contributed by atoms with Crippen LogP contribution in [0.15, 0.2) is 42.5 Å².